The van der Waals surface area contributed by atoms with Crippen LogP contribution in [0.1, 0.15) is 12.1 Å². The maximum Gasteiger partial charge on any atom is 0.284 e. The minimum Gasteiger partial charge on any atom is -0.220 e. The lowest BCUT2D eigenvalue weighted by atomic mass is 10.3. The van der Waals surface area contributed by atoms with E-state index in [0.717, 1.165) is 0 Å². The highest BCUT2D eigenvalue weighted by molar-refractivity contribution is 6.30. The van der Waals surface area contributed by atoms with Gasteiger partial charge in [-0.15, -0.1) is 5.10 Å². The second kappa shape index (κ2) is 2.92. The summed E-state index contributed by atoms with van der Waals surface area (Å²) in [5.74, 6) is 0. The van der Waals surface area contributed by atoms with Gasteiger partial charge in [0.15, 0.2) is 5.69 Å². The highest BCUT2D eigenvalue weighted by Crippen LogP contribution is 2.22. The first kappa shape index (κ1) is 8.37. The fraction of sp³-hybridized carbons (Fsp3) is 0.143. The predicted octanol–water partition coefficient (Wildman–Crippen LogP) is 2.32. The summed E-state index contributed by atoms with van der Waals surface area (Å²) < 4.78 is 25.9. The molecular formula is C7H4ClF2N3. The van der Waals surface area contributed by atoms with Gasteiger partial charge in [0.25, 0.3) is 6.43 Å². The minimum atomic E-state index is -2.63. The van der Waals surface area contributed by atoms with Crippen molar-refractivity contribution >= 4 is 17.1 Å². The average Bonchev–Trinajstić information content (AvgIpc) is 2.46. The van der Waals surface area contributed by atoms with Crippen LogP contribution in [0, 0.1) is 0 Å². The van der Waals surface area contributed by atoms with Crippen molar-refractivity contribution in [2.75, 3.05) is 0 Å². The van der Waals surface area contributed by atoms with Gasteiger partial charge in [0.2, 0.25) is 0 Å². The number of aromatic nitrogens is 3. The molecule has 3 nitrogen and oxygen atoms in total. The van der Waals surface area contributed by atoms with Gasteiger partial charge in [-0.25, -0.2) is 13.3 Å². The molecule has 0 unspecified atom stereocenters. The van der Waals surface area contributed by atoms with Crippen LogP contribution in [0.4, 0.5) is 8.78 Å². The molecule has 2 heterocycles. The molecular weight excluding hydrogens is 200 g/mol. The smallest absolute Gasteiger partial charge is 0.220 e. The molecule has 0 atom stereocenters. The van der Waals surface area contributed by atoms with Gasteiger partial charge in [0, 0.05) is 11.2 Å². The average molecular weight is 204 g/mol. The third-order valence-electron chi connectivity index (χ3n) is 1.61. The van der Waals surface area contributed by atoms with E-state index in [1.165, 1.54) is 16.8 Å². The van der Waals surface area contributed by atoms with Crippen molar-refractivity contribution in [2.45, 2.75) is 6.43 Å². The van der Waals surface area contributed by atoms with Crippen molar-refractivity contribution < 1.29 is 8.78 Å². The van der Waals surface area contributed by atoms with Gasteiger partial charge in [-0.3, -0.25) is 0 Å². The van der Waals surface area contributed by atoms with Gasteiger partial charge in [-0.2, -0.15) is 0 Å². The largest absolute Gasteiger partial charge is 0.284 e. The zero-order chi connectivity index (χ0) is 9.42. The first-order chi connectivity index (χ1) is 6.18. The fourth-order valence-corrected chi connectivity index (χ4v) is 1.20. The van der Waals surface area contributed by atoms with Gasteiger partial charge in [-0.05, 0) is 12.1 Å². The number of nitrogens with zero attached hydrogens (tertiary/aromatic N) is 3. The second-order valence-corrected chi connectivity index (χ2v) is 2.89. The Morgan fingerprint density at radius 2 is 2.23 bits per heavy atom. The Hall–Kier alpha value is -1.23. The molecule has 0 aliphatic rings. The molecule has 0 saturated heterocycles. The van der Waals surface area contributed by atoms with Crippen LogP contribution in [0.3, 0.4) is 0 Å². The Kier molecular flexibility index (Phi) is 1.88. The van der Waals surface area contributed by atoms with Crippen molar-refractivity contribution in [1.29, 1.82) is 0 Å². The molecule has 0 fully saturated rings. The number of hydrogen-bond donors (Lipinski definition) is 0. The third-order valence-corrected chi connectivity index (χ3v) is 1.85. The van der Waals surface area contributed by atoms with Crippen LogP contribution in [-0.4, -0.2) is 14.8 Å². The summed E-state index contributed by atoms with van der Waals surface area (Å²) >= 11 is 5.64. The maximum atomic E-state index is 12.3. The zero-order valence-electron chi connectivity index (χ0n) is 6.28. The summed E-state index contributed by atoms with van der Waals surface area (Å²) in [7, 11) is 0. The first-order valence-corrected chi connectivity index (χ1v) is 3.85. The van der Waals surface area contributed by atoms with E-state index in [-0.39, 0.29) is 11.2 Å². The van der Waals surface area contributed by atoms with E-state index < -0.39 is 6.43 Å². The summed E-state index contributed by atoms with van der Waals surface area (Å²) in [6.45, 7) is 0. The van der Waals surface area contributed by atoms with Gasteiger partial charge >= 0.3 is 0 Å². The molecule has 6 heteroatoms. The summed E-state index contributed by atoms with van der Waals surface area (Å²) in [6, 6.07) is 2.96. The lowest BCUT2D eigenvalue weighted by molar-refractivity contribution is 0.147. The van der Waals surface area contributed by atoms with Crippen molar-refractivity contribution in [1.82, 2.24) is 14.8 Å². The number of hydrogen-bond acceptors (Lipinski definition) is 2. The molecule has 0 amide bonds. The van der Waals surface area contributed by atoms with Gasteiger partial charge in [0.1, 0.15) is 0 Å². The highest BCUT2D eigenvalue weighted by atomic mass is 35.5. The topological polar surface area (TPSA) is 30.2 Å². The van der Waals surface area contributed by atoms with E-state index >= 15 is 0 Å². The van der Waals surface area contributed by atoms with E-state index in [1.807, 2.05) is 0 Å². The molecule has 2 aromatic rings. The Morgan fingerprint density at radius 1 is 1.46 bits per heavy atom. The number of fused-ring (bicyclic) bond motifs is 1. The number of alkyl halides is 2. The summed E-state index contributed by atoms with van der Waals surface area (Å²) in [6.07, 6.45) is -1.15. The van der Waals surface area contributed by atoms with Crippen LogP contribution in [0.2, 0.25) is 5.02 Å². The number of pyridine rings is 1. The lowest BCUT2D eigenvalue weighted by Gasteiger charge is -1.94. The normalized spacial score (nSPS) is 11.4. The molecule has 0 aliphatic carbocycles. The van der Waals surface area contributed by atoms with E-state index in [1.54, 1.807) is 6.07 Å². The molecule has 0 aliphatic heterocycles. The Morgan fingerprint density at radius 3 is 2.92 bits per heavy atom. The van der Waals surface area contributed by atoms with Crippen molar-refractivity contribution in [3.05, 3.63) is 29.0 Å². The van der Waals surface area contributed by atoms with E-state index in [2.05, 4.69) is 10.3 Å². The summed E-state index contributed by atoms with van der Waals surface area (Å²) in [4.78, 5) is 0. The first-order valence-electron chi connectivity index (χ1n) is 3.47. The van der Waals surface area contributed by atoms with Crippen molar-refractivity contribution in [3.63, 3.8) is 0 Å². The van der Waals surface area contributed by atoms with Gasteiger partial charge in [-0.1, -0.05) is 16.8 Å². The van der Waals surface area contributed by atoms with Crippen LogP contribution in [0.5, 0.6) is 0 Å². The van der Waals surface area contributed by atoms with Crippen molar-refractivity contribution in [3.8, 4) is 0 Å². The summed E-state index contributed by atoms with van der Waals surface area (Å²) in [5.41, 5.74) is -0.106. The van der Waals surface area contributed by atoms with Crippen LogP contribution < -0.4 is 0 Å². The molecule has 13 heavy (non-hydrogen) atoms. The minimum absolute atomic E-state index is 0.238. The monoisotopic (exact) mass is 203 g/mol. The fourth-order valence-electron chi connectivity index (χ4n) is 1.04. The van der Waals surface area contributed by atoms with E-state index in [9.17, 15) is 8.78 Å². The molecule has 0 spiro atoms. The second-order valence-electron chi connectivity index (χ2n) is 2.45. The Balaban J connectivity index is 2.71. The number of rotatable bonds is 1. The maximum absolute atomic E-state index is 12.3. The molecule has 2 aromatic heterocycles. The molecule has 2 rings (SSSR count). The molecule has 0 radical (unpaired) electrons. The molecule has 0 N–H and O–H groups in total. The Labute approximate surface area is 76.9 Å². The van der Waals surface area contributed by atoms with Gasteiger partial charge in [0.05, 0.1) is 5.52 Å². The van der Waals surface area contributed by atoms with Crippen LogP contribution in [0.25, 0.3) is 5.52 Å². The number of halogens is 3. The van der Waals surface area contributed by atoms with E-state index in [4.69, 9.17) is 11.6 Å². The van der Waals surface area contributed by atoms with Gasteiger partial charge < -0.3 is 0 Å². The Bertz CT molecular complexity index is 440. The van der Waals surface area contributed by atoms with Crippen LogP contribution in [0.15, 0.2) is 18.3 Å². The third kappa shape index (κ3) is 1.35. The molecule has 0 saturated carbocycles. The SMILES string of the molecule is FC(F)c1nnn2ccc(Cl)cc12. The summed E-state index contributed by atoms with van der Waals surface area (Å²) in [5, 5.41) is 7.24. The zero-order valence-corrected chi connectivity index (χ0v) is 7.04. The standard InChI is InChI=1S/C7H4ClF2N3/c8-4-1-2-13-5(3-4)6(7(9)10)11-12-13/h1-3,7H. The highest BCUT2D eigenvalue weighted by Gasteiger charge is 2.15. The molecule has 0 bridgehead atoms. The predicted molar refractivity (Wildman–Crippen MR) is 43.0 cm³/mol. The molecule has 0 aromatic carbocycles. The molecule has 68 valence electrons. The van der Waals surface area contributed by atoms with Crippen LogP contribution >= 0.6 is 11.6 Å². The lowest BCUT2D eigenvalue weighted by Crippen LogP contribution is -1.86. The van der Waals surface area contributed by atoms with Crippen LogP contribution in [-0.2, 0) is 0 Å². The van der Waals surface area contributed by atoms with Crippen molar-refractivity contribution in [2.24, 2.45) is 0 Å². The quantitative estimate of drug-likeness (QED) is 0.712. The van der Waals surface area contributed by atoms with E-state index in [0.29, 0.717) is 5.02 Å².